The van der Waals surface area contributed by atoms with Gasteiger partial charge in [0.15, 0.2) is 5.78 Å². The molecule has 4 rings (SSSR count). The van der Waals surface area contributed by atoms with E-state index in [1.807, 2.05) is 49.5 Å². The smallest absolute Gasteiger partial charge is 0.277 e. The molecular weight excluding hydrogens is 370 g/mol. The Morgan fingerprint density at radius 1 is 1.11 bits per heavy atom. The van der Waals surface area contributed by atoms with Crippen molar-refractivity contribution in [3.8, 4) is 11.5 Å². The number of likely N-dealkylation sites (N-methyl/N-ethyl adjacent to an activating group) is 1. The molecule has 0 unspecified atom stereocenters. The number of aromatic nitrogens is 2. The first-order valence-electron chi connectivity index (χ1n) is 9.07. The van der Waals surface area contributed by atoms with Gasteiger partial charge in [0, 0.05) is 35.5 Å². The van der Waals surface area contributed by atoms with Crippen molar-refractivity contribution in [1.82, 2.24) is 10.2 Å². The number of carbonyl (C=O) groups excluding carboxylic acids is 1. The van der Waals surface area contributed by atoms with E-state index in [2.05, 4.69) is 41.1 Å². The second-order valence-electron chi connectivity index (χ2n) is 7.22. The summed E-state index contributed by atoms with van der Waals surface area (Å²) in [4.78, 5) is 14.7. The minimum atomic E-state index is -0.212. The lowest BCUT2D eigenvalue weighted by molar-refractivity contribution is -0.112. The molecule has 0 bridgehead atoms. The number of fused-ring (bicyclic) bond motifs is 1. The summed E-state index contributed by atoms with van der Waals surface area (Å²) in [5, 5.41) is 8.49. The van der Waals surface area contributed by atoms with Gasteiger partial charge in [-0.05, 0) is 23.8 Å². The van der Waals surface area contributed by atoms with Crippen LogP contribution in [0.25, 0.3) is 11.5 Å². The second-order valence-corrected chi connectivity index (χ2v) is 8.15. The number of benzene rings is 2. The Hall–Kier alpha value is -2.86. The molecule has 2 aromatic carbocycles. The van der Waals surface area contributed by atoms with Gasteiger partial charge in [-0.15, -0.1) is 10.2 Å². The van der Waals surface area contributed by atoms with Crippen LogP contribution in [0.5, 0.6) is 0 Å². The highest BCUT2D eigenvalue weighted by molar-refractivity contribution is 7.99. The lowest BCUT2D eigenvalue weighted by Crippen LogP contribution is -2.24. The third-order valence-corrected chi connectivity index (χ3v) is 5.84. The van der Waals surface area contributed by atoms with Crippen LogP contribution in [0.15, 0.2) is 76.0 Å². The third-order valence-electron chi connectivity index (χ3n) is 5.00. The van der Waals surface area contributed by atoms with Crippen molar-refractivity contribution >= 4 is 23.2 Å². The molecular formula is C22H21N3O2S. The predicted molar refractivity (Wildman–Crippen MR) is 111 cm³/mol. The standard InChI is InChI=1S/C22H21N3O2S/c1-22(2)17-11-7-8-12-18(17)25(3)19(22)13-16(26)14-28-21-24-23-20(27-21)15-9-5-4-6-10-15/h4-13H,14H2,1-3H3/b19-13-. The maximum absolute atomic E-state index is 12.6. The summed E-state index contributed by atoms with van der Waals surface area (Å²) in [6, 6.07) is 17.8. The number of hydrogen-bond donors (Lipinski definition) is 0. The molecule has 3 aromatic rings. The van der Waals surface area contributed by atoms with Crippen LogP contribution >= 0.6 is 11.8 Å². The fraction of sp³-hybridized carbons (Fsp3) is 0.227. The molecule has 142 valence electrons. The lowest BCUT2D eigenvalue weighted by Gasteiger charge is -2.23. The largest absolute Gasteiger partial charge is 0.411 e. The van der Waals surface area contributed by atoms with Crippen molar-refractivity contribution in [3.05, 3.63) is 71.9 Å². The zero-order chi connectivity index (χ0) is 19.7. The zero-order valence-electron chi connectivity index (χ0n) is 16.0. The van der Waals surface area contributed by atoms with Crippen LogP contribution in [0, 0.1) is 0 Å². The van der Waals surface area contributed by atoms with Gasteiger partial charge in [0.1, 0.15) is 0 Å². The van der Waals surface area contributed by atoms with Gasteiger partial charge in [-0.25, -0.2) is 0 Å². The topological polar surface area (TPSA) is 59.2 Å². The van der Waals surface area contributed by atoms with Gasteiger partial charge in [-0.2, -0.15) is 0 Å². The van der Waals surface area contributed by atoms with Crippen molar-refractivity contribution in [1.29, 1.82) is 0 Å². The number of para-hydroxylation sites is 1. The van der Waals surface area contributed by atoms with E-state index in [0.717, 1.165) is 16.9 Å². The van der Waals surface area contributed by atoms with Crippen LogP contribution in [-0.4, -0.2) is 28.8 Å². The van der Waals surface area contributed by atoms with Crippen LogP contribution < -0.4 is 4.90 Å². The molecule has 0 saturated heterocycles. The number of hydrogen-bond acceptors (Lipinski definition) is 6. The monoisotopic (exact) mass is 391 g/mol. The summed E-state index contributed by atoms with van der Waals surface area (Å²) in [6.07, 6.45) is 1.74. The first-order chi connectivity index (χ1) is 13.5. The van der Waals surface area contributed by atoms with Crippen molar-refractivity contribution in [2.75, 3.05) is 17.7 Å². The summed E-state index contributed by atoms with van der Waals surface area (Å²) in [5.74, 6) is 0.730. The molecule has 2 heterocycles. The van der Waals surface area contributed by atoms with E-state index in [9.17, 15) is 4.79 Å². The maximum Gasteiger partial charge on any atom is 0.277 e. The Morgan fingerprint density at radius 2 is 1.82 bits per heavy atom. The minimum Gasteiger partial charge on any atom is -0.411 e. The summed E-state index contributed by atoms with van der Waals surface area (Å²) in [7, 11) is 2.00. The molecule has 0 N–H and O–H groups in total. The first kappa shape index (κ1) is 18.5. The maximum atomic E-state index is 12.6. The van der Waals surface area contributed by atoms with Gasteiger partial charge < -0.3 is 9.32 Å². The molecule has 0 saturated carbocycles. The number of ketones is 1. The van der Waals surface area contributed by atoms with E-state index in [1.165, 1.54) is 17.3 Å². The third kappa shape index (κ3) is 3.36. The molecule has 0 amide bonds. The molecule has 1 aromatic heterocycles. The number of allylic oxidation sites excluding steroid dienone is 2. The van der Waals surface area contributed by atoms with Gasteiger partial charge in [0.25, 0.3) is 5.22 Å². The normalized spacial score (nSPS) is 16.4. The fourth-order valence-electron chi connectivity index (χ4n) is 3.55. The summed E-state index contributed by atoms with van der Waals surface area (Å²) in [6.45, 7) is 4.29. The lowest BCUT2D eigenvalue weighted by atomic mass is 9.83. The number of carbonyl (C=O) groups is 1. The van der Waals surface area contributed by atoms with Gasteiger partial charge >= 0.3 is 0 Å². The van der Waals surface area contributed by atoms with E-state index in [4.69, 9.17) is 4.42 Å². The van der Waals surface area contributed by atoms with Crippen LogP contribution in [0.2, 0.25) is 0 Å². The second kappa shape index (κ2) is 7.28. The van der Waals surface area contributed by atoms with E-state index >= 15 is 0 Å². The van der Waals surface area contributed by atoms with E-state index in [-0.39, 0.29) is 17.0 Å². The molecule has 1 aliphatic heterocycles. The SMILES string of the molecule is CN1/C(=C\C(=O)CSc2nnc(-c3ccccc3)o2)C(C)(C)c2ccccc21. The number of nitrogens with zero attached hydrogens (tertiary/aromatic N) is 3. The van der Waals surface area contributed by atoms with Crippen LogP contribution in [-0.2, 0) is 10.2 Å². The number of thioether (sulfide) groups is 1. The molecule has 0 fully saturated rings. The molecule has 5 nitrogen and oxygen atoms in total. The Bertz CT molecular complexity index is 1040. The molecule has 0 radical (unpaired) electrons. The molecule has 28 heavy (non-hydrogen) atoms. The molecule has 0 aliphatic carbocycles. The van der Waals surface area contributed by atoms with Crippen LogP contribution in [0.1, 0.15) is 19.4 Å². The average molecular weight is 391 g/mol. The predicted octanol–water partition coefficient (Wildman–Crippen LogP) is 4.71. The number of rotatable bonds is 5. The minimum absolute atomic E-state index is 0.0205. The summed E-state index contributed by atoms with van der Waals surface area (Å²) in [5.41, 5.74) is 4.02. The zero-order valence-corrected chi connectivity index (χ0v) is 16.9. The number of anilines is 1. The van der Waals surface area contributed by atoms with Crippen molar-refractivity contribution in [3.63, 3.8) is 0 Å². The van der Waals surface area contributed by atoms with Crippen molar-refractivity contribution < 1.29 is 9.21 Å². The Kier molecular flexibility index (Phi) is 4.81. The summed E-state index contributed by atoms with van der Waals surface area (Å²) >= 11 is 1.26. The van der Waals surface area contributed by atoms with Gasteiger partial charge in [-0.3, -0.25) is 4.79 Å². The average Bonchev–Trinajstić information content (AvgIpc) is 3.25. The van der Waals surface area contributed by atoms with E-state index < -0.39 is 0 Å². The molecule has 1 aliphatic rings. The highest BCUT2D eigenvalue weighted by Gasteiger charge is 2.38. The Morgan fingerprint density at radius 3 is 2.57 bits per heavy atom. The van der Waals surface area contributed by atoms with E-state index in [1.54, 1.807) is 6.08 Å². The van der Waals surface area contributed by atoms with Crippen molar-refractivity contribution in [2.24, 2.45) is 0 Å². The highest BCUT2D eigenvalue weighted by atomic mass is 32.2. The first-order valence-corrected chi connectivity index (χ1v) is 10.1. The molecule has 0 atom stereocenters. The fourth-order valence-corrected chi connectivity index (χ4v) is 4.14. The molecule has 6 heteroatoms. The summed E-state index contributed by atoms with van der Waals surface area (Å²) < 4.78 is 5.66. The highest BCUT2D eigenvalue weighted by Crippen LogP contribution is 2.46. The Balaban J connectivity index is 1.46. The Labute approximate surface area is 168 Å². The van der Waals surface area contributed by atoms with Crippen LogP contribution in [0.4, 0.5) is 5.69 Å². The van der Waals surface area contributed by atoms with Crippen molar-refractivity contribution in [2.45, 2.75) is 24.5 Å². The molecule has 0 spiro atoms. The van der Waals surface area contributed by atoms with E-state index in [0.29, 0.717) is 11.1 Å². The quantitative estimate of drug-likeness (QED) is 0.464. The van der Waals surface area contributed by atoms with Crippen LogP contribution in [0.3, 0.4) is 0 Å². The van der Waals surface area contributed by atoms with Gasteiger partial charge in [0.2, 0.25) is 5.89 Å². The van der Waals surface area contributed by atoms with Gasteiger partial charge in [-0.1, -0.05) is 62.0 Å². The van der Waals surface area contributed by atoms with Gasteiger partial charge in [0.05, 0.1) is 5.75 Å².